The van der Waals surface area contributed by atoms with E-state index in [0.29, 0.717) is 5.56 Å². The molecule has 0 heterocycles. The van der Waals surface area contributed by atoms with Crippen molar-refractivity contribution in [2.24, 2.45) is 5.73 Å². The highest BCUT2D eigenvalue weighted by molar-refractivity contribution is 5.82. The Morgan fingerprint density at radius 2 is 1.65 bits per heavy atom. The van der Waals surface area contributed by atoms with Gasteiger partial charge in [0.05, 0.1) is 0 Å². The van der Waals surface area contributed by atoms with Crippen LogP contribution in [0.25, 0.3) is 0 Å². The first kappa shape index (κ1) is 13.5. The molecule has 0 fully saturated rings. The second-order valence-electron chi connectivity index (χ2n) is 5.25. The molecule has 0 spiro atoms. The molecule has 0 aliphatic rings. The van der Waals surface area contributed by atoms with Gasteiger partial charge in [0.2, 0.25) is 0 Å². The predicted molar refractivity (Wildman–Crippen MR) is 65.5 cm³/mol. The van der Waals surface area contributed by atoms with E-state index < -0.39 is 17.1 Å². The van der Waals surface area contributed by atoms with E-state index in [1.807, 2.05) is 0 Å². The quantitative estimate of drug-likeness (QED) is 0.771. The first-order valence-corrected chi connectivity index (χ1v) is 5.45. The number of nitrogens with two attached hydrogens (primary N) is 1. The van der Waals surface area contributed by atoms with Gasteiger partial charge in [-0.15, -0.1) is 0 Å². The summed E-state index contributed by atoms with van der Waals surface area (Å²) in [6.45, 7) is 6.96. The Morgan fingerprint density at radius 3 is 2.06 bits per heavy atom. The Bertz CT molecular complexity index is 402. The average molecular weight is 237 g/mol. The predicted octanol–water partition coefficient (Wildman–Crippen LogP) is 1.91. The Labute approximate surface area is 101 Å². The lowest BCUT2D eigenvalue weighted by Gasteiger charge is -2.28. The van der Waals surface area contributed by atoms with Crippen molar-refractivity contribution < 1.29 is 14.6 Å². The topological polar surface area (TPSA) is 72.5 Å². The molecule has 4 nitrogen and oxygen atoms in total. The van der Waals surface area contributed by atoms with Gasteiger partial charge in [-0.1, -0.05) is 12.1 Å². The van der Waals surface area contributed by atoms with Crippen molar-refractivity contribution in [3.8, 4) is 5.75 Å². The highest BCUT2D eigenvalue weighted by Gasteiger charge is 2.34. The van der Waals surface area contributed by atoms with Gasteiger partial charge >= 0.3 is 5.97 Å². The van der Waals surface area contributed by atoms with Gasteiger partial charge in [0.1, 0.15) is 16.9 Å². The molecule has 1 rings (SSSR count). The zero-order chi connectivity index (χ0) is 13.3. The summed E-state index contributed by atoms with van der Waals surface area (Å²) in [6, 6.07) is 6.20. The summed E-state index contributed by atoms with van der Waals surface area (Å²) < 4.78 is 5.26. The van der Waals surface area contributed by atoms with E-state index in [0.717, 1.165) is 0 Å². The van der Waals surface area contributed by atoms with Crippen LogP contribution in [0.3, 0.4) is 0 Å². The third kappa shape index (κ3) is 3.46. The Balaban J connectivity index is 2.94. The molecular weight excluding hydrogens is 218 g/mol. The number of ether oxygens (including phenoxy) is 1. The highest BCUT2D eigenvalue weighted by atomic mass is 16.6. The molecular formula is C13H19NO3. The molecule has 0 saturated carbocycles. The summed E-state index contributed by atoms with van der Waals surface area (Å²) >= 11 is 0. The summed E-state index contributed by atoms with van der Waals surface area (Å²) in [4.78, 5) is 12.0. The second-order valence-corrected chi connectivity index (χ2v) is 5.25. The molecule has 0 aromatic heterocycles. The lowest BCUT2D eigenvalue weighted by atomic mass is 9.93. The van der Waals surface area contributed by atoms with Gasteiger partial charge in [-0.05, 0) is 45.4 Å². The van der Waals surface area contributed by atoms with Gasteiger partial charge in [0.15, 0.2) is 0 Å². The molecule has 0 saturated heterocycles. The molecule has 4 heteroatoms. The Hall–Kier alpha value is -1.55. The van der Waals surface area contributed by atoms with Crippen LogP contribution in [0.1, 0.15) is 33.3 Å². The number of carbonyl (C=O) groups is 1. The van der Waals surface area contributed by atoms with E-state index in [1.54, 1.807) is 39.8 Å². The fourth-order valence-electron chi connectivity index (χ4n) is 1.31. The fraction of sp³-hybridized carbons (Fsp3) is 0.462. The van der Waals surface area contributed by atoms with Crippen molar-refractivity contribution in [1.82, 2.24) is 0 Å². The zero-order valence-electron chi connectivity index (χ0n) is 10.7. The van der Waals surface area contributed by atoms with Crippen LogP contribution < -0.4 is 5.73 Å². The number of phenols is 1. The van der Waals surface area contributed by atoms with E-state index in [-0.39, 0.29) is 5.75 Å². The minimum absolute atomic E-state index is 0.133. The van der Waals surface area contributed by atoms with Crippen LogP contribution in [-0.2, 0) is 15.1 Å². The molecule has 0 radical (unpaired) electrons. The fourth-order valence-corrected chi connectivity index (χ4v) is 1.31. The summed E-state index contributed by atoms with van der Waals surface area (Å²) in [5.74, 6) is -0.357. The maximum absolute atomic E-state index is 12.0. The average Bonchev–Trinajstić information content (AvgIpc) is 2.15. The number of phenolic OH excluding ortho intramolecular Hbond substituents is 1. The van der Waals surface area contributed by atoms with Gasteiger partial charge in [-0.25, -0.2) is 4.79 Å². The number of hydrogen-bond acceptors (Lipinski definition) is 4. The third-order valence-corrected chi connectivity index (χ3v) is 2.29. The molecule has 0 amide bonds. The molecule has 94 valence electrons. The molecule has 17 heavy (non-hydrogen) atoms. The maximum atomic E-state index is 12.0. The largest absolute Gasteiger partial charge is 0.508 e. The van der Waals surface area contributed by atoms with Crippen molar-refractivity contribution in [3.63, 3.8) is 0 Å². The molecule has 3 N–H and O–H groups in total. The van der Waals surface area contributed by atoms with Crippen LogP contribution in [0, 0.1) is 0 Å². The van der Waals surface area contributed by atoms with Gasteiger partial charge in [0, 0.05) is 0 Å². The monoisotopic (exact) mass is 237 g/mol. The van der Waals surface area contributed by atoms with E-state index in [4.69, 9.17) is 10.5 Å². The molecule has 0 bridgehead atoms. The number of benzene rings is 1. The minimum atomic E-state index is -1.22. The number of aromatic hydroxyl groups is 1. The van der Waals surface area contributed by atoms with E-state index in [2.05, 4.69) is 0 Å². The number of esters is 1. The van der Waals surface area contributed by atoms with Crippen molar-refractivity contribution in [2.75, 3.05) is 0 Å². The normalized spacial score (nSPS) is 15.1. The van der Waals surface area contributed by atoms with Crippen LogP contribution in [0.2, 0.25) is 0 Å². The standard InChI is InChI=1S/C13H19NO3/c1-12(2,3)17-11(16)13(4,14)9-5-7-10(15)8-6-9/h5-8,15H,14H2,1-4H3. The van der Waals surface area contributed by atoms with Gasteiger partial charge in [0.25, 0.3) is 0 Å². The van der Waals surface area contributed by atoms with Crippen LogP contribution >= 0.6 is 0 Å². The molecule has 0 aliphatic heterocycles. The summed E-state index contributed by atoms with van der Waals surface area (Å²) in [5, 5.41) is 9.19. The summed E-state index contributed by atoms with van der Waals surface area (Å²) in [5.41, 5.74) is 4.79. The molecule has 0 aliphatic carbocycles. The molecule has 1 atom stereocenters. The summed E-state index contributed by atoms with van der Waals surface area (Å²) in [6.07, 6.45) is 0. The van der Waals surface area contributed by atoms with E-state index in [1.165, 1.54) is 12.1 Å². The summed E-state index contributed by atoms with van der Waals surface area (Å²) in [7, 11) is 0. The van der Waals surface area contributed by atoms with E-state index >= 15 is 0 Å². The molecule has 1 aromatic rings. The smallest absolute Gasteiger partial charge is 0.331 e. The van der Waals surface area contributed by atoms with E-state index in [9.17, 15) is 9.90 Å². The maximum Gasteiger partial charge on any atom is 0.331 e. The Kier molecular flexibility index (Phi) is 3.48. The van der Waals surface area contributed by atoms with Gasteiger partial charge in [-0.3, -0.25) is 0 Å². The van der Waals surface area contributed by atoms with Gasteiger partial charge < -0.3 is 15.6 Å². The van der Waals surface area contributed by atoms with Crippen molar-refractivity contribution >= 4 is 5.97 Å². The first-order chi connectivity index (χ1) is 7.63. The highest BCUT2D eigenvalue weighted by Crippen LogP contribution is 2.24. The Morgan fingerprint density at radius 1 is 1.18 bits per heavy atom. The van der Waals surface area contributed by atoms with Crippen LogP contribution in [0.5, 0.6) is 5.75 Å². The SMILES string of the molecule is CC(C)(C)OC(=O)C(C)(N)c1ccc(O)cc1. The lowest BCUT2D eigenvalue weighted by Crippen LogP contribution is -2.45. The van der Waals surface area contributed by atoms with Crippen LogP contribution in [-0.4, -0.2) is 16.7 Å². The van der Waals surface area contributed by atoms with Crippen molar-refractivity contribution in [3.05, 3.63) is 29.8 Å². The second kappa shape index (κ2) is 4.37. The van der Waals surface area contributed by atoms with Crippen molar-refractivity contribution in [2.45, 2.75) is 38.8 Å². The third-order valence-electron chi connectivity index (χ3n) is 2.29. The molecule has 1 aromatic carbocycles. The number of rotatable bonds is 2. The van der Waals surface area contributed by atoms with Crippen LogP contribution in [0.15, 0.2) is 24.3 Å². The van der Waals surface area contributed by atoms with Gasteiger partial charge in [-0.2, -0.15) is 0 Å². The molecule has 1 unspecified atom stereocenters. The number of hydrogen-bond donors (Lipinski definition) is 2. The number of carbonyl (C=O) groups excluding carboxylic acids is 1. The first-order valence-electron chi connectivity index (χ1n) is 5.45. The minimum Gasteiger partial charge on any atom is -0.508 e. The zero-order valence-corrected chi connectivity index (χ0v) is 10.7. The lowest BCUT2D eigenvalue weighted by molar-refractivity contribution is -0.161. The van der Waals surface area contributed by atoms with Crippen molar-refractivity contribution in [1.29, 1.82) is 0 Å². The van der Waals surface area contributed by atoms with Crippen LogP contribution in [0.4, 0.5) is 0 Å².